The van der Waals surface area contributed by atoms with Crippen molar-refractivity contribution in [1.29, 1.82) is 0 Å². The van der Waals surface area contributed by atoms with Crippen molar-refractivity contribution in [2.45, 2.75) is 6.54 Å². The van der Waals surface area contributed by atoms with E-state index in [1.807, 2.05) is 18.0 Å². The molecule has 0 saturated heterocycles. The summed E-state index contributed by atoms with van der Waals surface area (Å²) in [5, 5.41) is 0. The molecule has 84 valence electrons. The van der Waals surface area contributed by atoms with Crippen LogP contribution in [-0.2, 0) is 11.3 Å². The van der Waals surface area contributed by atoms with Crippen molar-refractivity contribution in [2.75, 3.05) is 33.0 Å². The van der Waals surface area contributed by atoms with Crippen molar-refractivity contribution in [3.63, 3.8) is 0 Å². The van der Waals surface area contributed by atoms with Crippen LogP contribution in [0.3, 0.4) is 0 Å². The van der Waals surface area contributed by atoms with E-state index >= 15 is 0 Å². The van der Waals surface area contributed by atoms with Crippen LogP contribution in [0.15, 0.2) is 18.2 Å². The molecule has 0 amide bonds. The van der Waals surface area contributed by atoms with E-state index in [4.69, 9.17) is 10.5 Å². The van der Waals surface area contributed by atoms with Gasteiger partial charge in [0.1, 0.15) is 5.82 Å². The van der Waals surface area contributed by atoms with Gasteiger partial charge in [-0.1, -0.05) is 12.1 Å². The Balaban J connectivity index is 2.60. The lowest BCUT2D eigenvalue weighted by Gasteiger charge is -2.17. The van der Waals surface area contributed by atoms with Crippen LogP contribution >= 0.6 is 0 Å². The molecule has 0 heterocycles. The third kappa shape index (κ3) is 3.49. The second-order valence-corrected chi connectivity index (χ2v) is 3.54. The van der Waals surface area contributed by atoms with E-state index in [2.05, 4.69) is 0 Å². The first-order valence-electron chi connectivity index (χ1n) is 4.85. The van der Waals surface area contributed by atoms with Gasteiger partial charge in [-0.2, -0.15) is 0 Å². The van der Waals surface area contributed by atoms with Crippen LogP contribution in [-0.4, -0.2) is 32.2 Å². The fourth-order valence-corrected chi connectivity index (χ4v) is 1.34. The normalized spacial score (nSPS) is 10.9. The van der Waals surface area contributed by atoms with Crippen molar-refractivity contribution in [3.05, 3.63) is 29.6 Å². The second kappa shape index (κ2) is 5.68. The summed E-state index contributed by atoms with van der Waals surface area (Å²) in [5.74, 6) is -0.354. The smallest absolute Gasteiger partial charge is 0.146 e. The molecular weight excluding hydrogens is 195 g/mol. The number of hydrogen-bond donors (Lipinski definition) is 1. The standard InChI is InChI=1S/C11H17FN2O/c1-14(6-7-15-2)8-9-4-3-5-10(12)11(9)13/h3-5H,6-8,13H2,1-2H3. The van der Waals surface area contributed by atoms with Crippen molar-refractivity contribution in [2.24, 2.45) is 0 Å². The fraction of sp³-hybridized carbons (Fsp3) is 0.455. The zero-order chi connectivity index (χ0) is 11.3. The first kappa shape index (κ1) is 11.9. The highest BCUT2D eigenvalue weighted by atomic mass is 19.1. The number of ether oxygens (including phenoxy) is 1. The van der Waals surface area contributed by atoms with E-state index < -0.39 is 0 Å². The molecule has 0 bridgehead atoms. The molecule has 0 saturated carbocycles. The van der Waals surface area contributed by atoms with Gasteiger partial charge in [-0.05, 0) is 18.7 Å². The van der Waals surface area contributed by atoms with Crippen molar-refractivity contribution in [3.8, 4) is 0 Å². The summed E-state index contributed by atoms with van der Waals surface area (Å²) in [5.41, 5.74) is 6.68. The Morgan fingerprint density at radius 2 is 2.20 bits per heavy atom. The van der Waals surface area contributed by atoms with Gasteiger partial charge in [-0.25, -0.2) is 4.39 Å². The van der Waals surface area contributed by atoms with E-state index in [-0.39, 0.29) is 11.5 Å². The van der Waals surface area contributed by atoms with Gasteiger partial charge in [0.05, 0.1) is 12.3 Å². The Morgan fingerprint density at radius 1 is 1.47 bits per heavy atom. The first-order valence-corrected chi connectivity index (χ1v) is 4.85. The van der Waals surface area contributed by atoms with Crippen LogP contribution in [0.1, 0.15) is 5.56 Å². The monoisotopic (exact) mass is 212 g/mol. The molecular formula is C11H17FN2O. The number of para-hydroxylation sites is 1. The van der Waals surface area contributed by atoms with Crippen molar-refractivity contribution < 1.29 is 9.13 Å². The number of likely N-dealkylation sites (N-methyl/N-ethyl adjacent to an activating group) is 1. The molecule has 4 heteroatoms. The Hall–Kier alpha value is -1.13. The van der Waals surface area contributed by atoms with Gasteiger partial charge in [0.25, 0.3) is 0 Å². The lowest BCUT2D eigenvalue weighted by atomic mass is 10.1. The molecule has 1 aromatic rings. The summed E-state index contributed by atoms with van der Waals surface area (Å²) in [6.45, 7) is 2.09. The highest BCUT2D eigenvalue weighted by Gasteiger charge is 2.06. The summed E-state index contributed by atoms with van der Waals surface area (Å²) in [6, 6.07) is 4.88. The molecule has 0 radical (unpaired) electrons. The number of hydrogen-bond acceptors (Lipinski definition) is 3. The topological polar surface area (TPSA) is 38.5 Å². The molecule has 0 aliphatic heterocycles. The highest BCUT2D eigenvalue weighted by Crippen LogP contribution is 2.16. The maximum absolute atomic E-state index is 13.1. The van der Waals surface area contributed by atoms with Crippen LogP contribution in [0.4, 0.5) is 10.1 Å². The molecule has 1 aromatic carbocycles. The number of halogens is 1. The van der Waals surface area contributed by atoms with Gasteiger partial charge in [-0.15, -0.1) is 0 Å². The largest absolute Gasteiger partial charge is 0.396 e. The summed E-state index contributed by atoms with van der Waals surface area (Å²) in [7, 11) is 3.60. The molecule has 0 spiro atoms. The Bertz CT molecular complexity index is 317. The summed E-state index contributed by atoms with van der Waals surface area (Å²) in [6.07, 6.45) is 0. The van der Waals surface area contributed by atoms with Gasteiger partial charge in [0, 0.05) is 20.2 Å². The van der Waals surface area contributed by atoms with E-state index in [1.165, 1.54) is 6.07 Å². The van der Waals surface area contributed by atoms with Crippen molar-refractivity contribution >= 4 is 5.69 Å². The average Bonchev–Trinajstić information content (AvgIpc) is 2.22. The quantitative estimate of drug-likeness (QED) is 0.751. The van der Waals surface area contributed by atoms with Crippen LogP contribution in [0.25, 0.3) is 0 Å². The average molecular weight is 212 g/mol. The lowest BCUT2D eigenvalue weighted by molar-refractivity contribution is 0.158. The van der Waals surface area contributed by atoms with Gasteiger partial charge < -0.3 is 10.5 Å². The van der Waals surface area contributed by atoms with E-state index in [0.717, 1.165) is 12.1 Å². The summed E-state index contributed by atoms with van der Waals surface area (Å²) < 4.78 is 18.1. The van der Waals surface area contributed by atoms with Crippen LogP contribution in [0, 0.1) is 5.82 Å². The minimum absolute atomic E-state index is 0.238. The molecule has 0 atom stereocenters. The third-order valence-electron chi connectivity index (χ3n) is 2.26. The second-order valence-electron chi connectivity index (χ2n) is 3.54. The number of nitrogens with zero attached hydrogens (tertiary/aromatic N) is 1. The molecule has 0 fully saturated rings. The zero-order valence-electron chi connectivity index (χ0n) is 9.16. The molecule has 0 unspecified atom stereocenters. The minimum atomic E-state index is -0.354. The Labute approximate surface area is 89.6 Å². The molecule has 2 N–H and O–H groups in total. The molecule has 0 aromatic heterocycles. The number of nitrogen functional groups attached to an aromatic ring is 1. The van der Waals surface area contributed by atoms with E-state index in [0.29, 0.717) is 13.2 Å². The Kier molecular flexibility index (Phi) is 4.52. The van der Waals surface area contributed by atoms with E-state index in [9.17, 15) is 4.39 Å². The van der Waals surface area contributed by atoms with Gasteiger partial charge in [-0.3, -0.25) is 4.90 Å². The van der Waals surface area contributed by atoms with Crippen LogP contribution < -0.4 is 5.73 Å². The zero-order valence-corrected chi connectivity index (χ0v) is 9.16. The summed E-state index contributed by atoms with van der Waals surface area (Å²) in [4.78, 5) is 2.04. The van der Waals surface area contributed by atoms with Gasteiger partial charge >= 0.3 is 0 Å². The molecule has 3 nitrogen and oxygen atoms in total. The van der Waals surface area contributed by atoms with Crippen molar-refractivity contribution in [1.82, 2.24) is 4.90 Å². The molecule has 0 aliphatic rings. The van der Waals surface area contributed by atoms with Crippen LogP contribution in [0.5, 0.6) is 0 Å². The number of anilines is 1. The third-order valence-corrected chi connectivity index (χ3v) is 2.26. The molecule has 15 heavy (non-hydrogen) atoms. The lowest BCUT2D eigenvalue weighted by Crippen LogP contribution is -2.23. The number of methoxy groups -OCH3 is 1. The number of nitrogens with two attached hydrogens (primary N) is 1. The van der Waals surface area contributed by atoms with Gasteiger partial charge in [0.2, 0.25) is 0 Å². The summed E-state index contributed by atoms with van der Waals surface area (Å²) >= 11 is 0. The minimum Gasteiger partial charge on any atom is -0.396 e. The fourth-order valence-electron chi connectivity index (χ4n) is 1.34. The molecule has 0 aliphatic carbocycles. The first-order chi connectivity index (χ1) is 7.15. The molecule has 1 rings (SSSR count). The van der Waals surface area contributed by atoms with E-state index in [1.54, 1.807) is 13.2 Å². The SMILES string of the molecule is COCCN(C)Cc1cccc(F)c1N. The van der Waals surface area contributed by atoms with Crippen LogP contribution in [0.2, 0.25) is 0 Å². The maximum Gasteiger partial charge on any atom is 0.146 e. The number of benzene rings is 1. The Morgan fingerprint density at radius 3 is 2.87 bits per heavy atom. The van der Waals surface area contributed by atoms with Gasteiger partial charge in [0.15, 0.2) is 0 Å². The predicted octanol–water partition coefficient (Wildman–Crippen LogP) is 1.49. The predicted molar refractivity (Wildman–Crippen MR) is 59.0 cm³/mol. The maximum atomic E-state index is 13.1. The number of rotatable bonds is 5. The highest BCUT2D eigenvalue weighted by molar-refractivity contribution is 5.47.